The molecular weight excluding hydrogens is 294 g/mol. The van der Waals surface area contributed by atoms with Crippen LogP contribution >= 0.6 is 0 Å². The van der Waals surface area contributed by atoms with Crippen molar-refractivity contribution in [1.29, 1.82) is 0 Å². The molecule has 4 rings (SSSR count). The number of fused-ring (bicyclic) bond motifs is 1. The summed E-state index contributed by atoms with van der Waals surface area (Å²) in [4.78, 5) is 14.4. The molecule has 0 N–H and O–H groups in total. The number of aromatic nitrogens is 6. The molecule has 8 nitrogen and oxygen atoms in total. The van der Waals surface area contributed by atoms with Crippen LogP contribution in [0.4, 0.5) is 0 Å². The molecule has 8 heteroatoms. The van der Waals surface area contributed by atoms with Gasteiger partial charge in [-0.05, 0) is 42.7 Å². The molecule has 0 radical (unpaired) electrons. The lowest BCUT2D eigenvalue weighted by Crippen LogP contribution is -2.35. The summed E-state index contributed by atoms with van der Waals surface area (Å²) in [6, 6.07) is 2.31. The number of hydrogen-bond acceptors (Lipinski definition) is 6. The molecule has 0 spiro atoms. The number of tetrazole rings is 1. The van der Waals surface area contributed by atoms with Crippen molar-refractivity contribution in [2.45, 2.75) is 58.3 Å². The minimum absolute atomic E-state index is 0.0246. The van der Waals surface area contributed by atoms with Crippen LogP contribution in [-0.4, -0.2) is 41.4 Å². The van der Waals surface area contributed by atoms with E-state index in [-0.39, 0.29) is 11.6 Å². The fraction of sp³-hybridized carbons (Fsp3) is 0.667. The van der Waals surface area contributed by atoms with Gasteiger partial charge in [-0.3, -0.25) is 9.69 Å². The van der Waals surface area contributed by atoms with Crippen molar-refractivity contribution >= 4 is 0 Å². The van der Waals surface area contributed by atoms with Crippen LogP contribution < -0.4 is 5.56 Å². The summed E-state index contributed by atoms with van der Waals surface area (Å²) >= 11 is 0. The van der Waals surface area contributed by atoms with Gasteiger partial charge in [-0.25, -0.2) is 9.36 Å². The summed E-state index contributed by atoms with van der Waals surface area (Å²) in [6.07, 6.45) is 3.19. The Morgan fingerprint density at radius 2 is 2.17 bits per heavy atom. The topological polar surface area (TPSA) is 81.7 Å². The maximum atomic E-state index is 12.2. The monoisotopic (exact) mass is 315 g/mol. The maximum Gasteiger partial charge on any atom is 0.267 e. The van der Waals surface area contributed by atoms with Crippen LogP contribution in [0.3, 0.4) is 0 Å². The first-order valence-corrected chi connectivity index (χ1v) is 8.22. The van der Waals surface area contributed by atoms with Crippen LogP contribution in [0.5, 0.6) is 0 Å². The second kappa shape index (κ2) is 5.52. The molecule has 122 valence electrons. The third-order valence-corrected chi connectivity index (χ3v) is 4.49. The minimum atomic E-state index is -0.0246. The highest BCUT2D eigenvalue weighted by molar-refractivity contribution is 5.20. The fourth-order valence-electron chi connectivity index (χ4n) is 3.10. The van der Waals surface area contributed by atoms with E-state index in [9.17, 15) is 4.79 Å². The summed E-state index contributed by atoms with van der Waals surface area (Å²) < 4.78 is 3.52. The Balaban J connectivity index is 1.53. The Bertz CT molecular complexity index is 774. The van der Waals surface area contributed by atoms with E-state index < -0.39 is 0 Å². The van der Waals surface area contributed by atoms with E-state index in [1.807, 2.05) is 18.5 Å². The van der Waals surface area contributed by atoms with Crippen molar-refractivity contribution in [3.05, 3.63) is 33.5 Å². The summed E-state index contributed by atoms with van der Waals surface area (Å²) in [5.41, 5.74) is 2.04. The molecule has 1 saturated carbocycles. The Morgan fingerprint density at radius 1 is 1.35 bits per heavy atom. The van der Waals surface area contributed by atoms with Gasteiger partial charge >= 0.3 is 0 Å². The number of hydrogen-bond donors (Lipinski definition) is 0. The van der Waals surface area contributed by atoms with Crippen molar-refractivity contribution < 1.29 is 0 Å². The van der Waals surface area contributed by atoms with Crippen molar-refractivity contribution in [3.8, 4) is 0 Å². The summed E-state index contributed by atoms with van der Waals surface area (Å²) in [6.45, 7) is 6.32. The van der Waals surface area contributed by atoms with Gasteiger partial charge in [0.15, 0.2) is 5.82 Å². The van der Waals surface area contributed by atoms with Gasteiger partial charge in [0.25, 0.3) is 5.56 Å². The fourth-order valence-corrected chi connectivity index (χ4v) is 3.10. The van der Waals surface area contributed by atoms with Crippen LogP contribution in [0.2, 0.25) is 0 Å². The molecule has 2 aromatic heterocycles. The molecule has 0 aromatic carbocycles. The molecule has 23 heavy (non-hydrogen) atoms. The van der Waals surface area contributed by atoms with Crippen LogP contribution in [0.1, 0.15) is 55.9 Å². The Morgan fingerprint density at radius 3 is 2.91 bits per heavy atom. The third kappa shape index (κ3) is 2.78. The average Bonchev–Trinajstić information content (AvgIpc) is 3.26. The zero-order valence-corrected chi connectivity index (χ0v) is 13.5. The van der Waals surface area contributed by atoms with Crippen LogP contribution in [0.25, 0.3) is 0 Å². The standard InChI is InChI=1S/C15H21N7O/c1-10(2)21-15(23)7-11-8-20(6-5-13(11)17-21)9-14-16-18-19-22(14)12-3-4-12/h7,10,12H,3-6,8-9H2,1-2H3. The highest BCUT2D eigenvalue weighted by atomic mass is 16.1. The second-order valence-electron chi connectivity index (χ2n) is 6.72. The van der Waals surface area contributed by atoms with Gasteiger partial charge in [-0.1, -0.05) is 0 Å². The number of rotatable bonds is 4. The molecule has 0 amide bonds. The summed E-state index contributed by atoms with van der Waals surface area (Å²) in [7, 11) is 0. The Labute approximate surface area is 134 Å². The molecule has 2 aliphatic rings. The Hall–Kier alpha value is -2.09. The molecule has 1 fully saturated rings. The average molecular weight is 315 g/mol. The van der Waals surface area contributed by atoms with Crippen molar-refractivity contribution in [1.82, 2.24) is 34.9 Å². The first kappa shape index (κ1) is 14.5. The lowest BCUT2D eigenvalue weighted by atomic mass is 10.1. The molecule has 3 heterocycles. The highest BCUT2D eigenvalue weighted by Gasteiger charge is 2.29. The molecule has 0 saturated heterocycles. The van der Waals surface area contributed by atoms with Gasteiger partial charge < -0.3 is 0 Å². The predicted molar refractivity (Wildman–Crippen MR) is 82.8 cm³/mol. The van der Waals surface area contributed by atoms with Gasteiger partial charge in [0.1, 0.15) is 0 Å². The lowest BCUT2D eigenvalue weighted by Gasteiger charge is -2.28. The van der Waals surface area contributed by atoms with Gasteiger partial charge in [0, 0.05) is 25.6 Å². The quantitative estimate of drug-likeness (QED) is 0.826. The Kier molecular flexibility index (Phi) is 3.48. The van der Waals surface area contributed by atoms with Gasteiger partial charge in [0.2, 0.25) is 0 Å². The van der Waals surface area contributed by atoms with Gasteiger partial charge in [-0.2, -0.15) is 5.10 Å². The molecule has 2 aromatic rings. The van der Waals surface area contributed by atoms with Gasteiger partial charge in [0.05, 0.1) is 24.3 Å². The first-order valence-electron chi connectivity index (χ1n) is 8.22. The van der Waals surface area contributed by atoms with E-state index in [2.05, 4.69) is 25.5 Å². The lowest BCUT2D eigenvalue weighted by molar-refractivity contribution is 0.229. The second-order valence-corrected chi connectivity index (χ2v) is 6.72. The van der Waals surface area contributed by atoms with Gasteiger partial charge in [-0.15, -0.1) is 5.10 Å². The third-order valence-electron chi connectivity index (χ3n) is 4.49. The predicted octanol–water partition coefficient (Wildman–Crippen LogP) is 0.704. The summed E-state index contributed by atoms with van der Waals surface area (Å²) in [5.74, 6) is 0.916. The number of nitrogens with zero attached hydrogens (tertiary/aromatic N) is 7. The smallest absolute Gasteiger partial charge is 0.267 e. The molecule has 1 aliphatic heterocycles. The molecule has 0 unspecified atom stereocenters. The minimum Gasteiger partial charge on any atom is -0.291 e. The zero-order valence-electron chi connectivity index (χ0n) is 13.5. The maximum absolute atomic E-state index is 12.2. The van der Waals surface area contributed by atoms with Crippen LogP contribution in [-0.2, 0) is 19.5 Å². The van der Waals surface area contributed by atoms with E-state index in [0.29, 0.717) is 6.04 Å². The van der Waals surface area contributed by atoms with Crippen LogP contribution in [0.15, 0.2) is 10.9 Å². The van der Waals surface area contributed by atoms with Crippen molar-refractivity contribution in [2.24, 2.45) is 0 Å². The molecule has 1 aliphatic carbocycles. The first-order chi connectivity index (χ1) is 11.1. The zero-order chi connectivity index (χ0) is 16.0. The van der Waals surface area contributed by atoms with E-state index in [1.165, 1.54) is 12.8 Å². The molecule has 0 atom stereocenters. The van der Waals surface area contributed by atoms with Crippen molar-refractivity contribution in [2.75, 3.05) is 6.54 Å². The molecular formula is C15H21N7O. The van der Waals surface area contributed by atoms with E-state index in [0.717, 1.165) is 43.1 Å². The largest absolute Gasteiger partial charge is 0.291 e. The normalized spacial score (nSPS) is 18.4. The highest BCUT2D eigenvalue weighted by Crippen LogP contribution is 2.34. The van der Waals surface area contributed by atoms with E-state index >= 15 is 0 Å². The van der Waals surface area contributed by atoms with Crippen LogP contribution in [0, 0.1) is 0 Å². The molecule has 0 bridgehead atoms. The SMILES string of the molecule is CC(C)n1nc2c(cc1=O)CN(Cc1nnnn1C1CC1)CC2. The van der Waals surface area contributed by atoms with Crippen molar-refractivity contribution in [3.63, 3.8) is 0 Å². The van der Waals surface area contributed by atoms with E-state index in [4.69, 9.17) is 0 Å². The van der Waals surface area contributed by atoms with E-state index in [1.54, 1.807) is 10.7 Å². The summed E-state index contributed by atoms with van der Waals surface area (Å²) in [5, 5.41) is 16.6.